The SMILES string of the molecule is COC(=O)[C@@H](NC(=O)OC(C)(C)C)[C@@H](CC(=O)OC(C)(C)C)C(=O)OC. The highest BCUT2D eigenvalue weighted by Gasteiger charge is 2.40. The Morgan fingerprint density at radius 2 is 1.27 bits per heavy atom. The van der Waals surface area contributed by atoms with Crippen molar-refractivity contribution in [3.05, 3.63) is 0 Å². The third kappa shape index (κ3) is 9.24. The molecule has 0 aromatic rings. The van der Waals surface area contributed by atoms with E-state index < -0.39 is 53.6 Å². The molecule has 0 fully saturated rings. The summed E-state index contributed by atoms with van der Waals surface area (Å²) in [5, 5.41) is 2.26. The number of hydrogen-bond acceptors (Lipinski definition) is 8. The van der Waals surface area contributed by atoms with Gasteiger partial charge in [0.15, 0.2) is 0 Å². The van der Waals surface area contributed by atoms with Gasteiger partial charge in [0.25, 0.3) is 0 Å². The summed E-state index contributed by atoms with van der Waals surface area (Å²) >= 11 is 0. The quantitative estimate of drug-likeness (QED) is 0.549. The van der Waals surface area contributed by atoms with Crippen molar-refractivity contribution in [1.29, 1.82) is 0 Å². The second-order valence-electron chi connectivity index (χ2n) is 7.57. The van der Waals surface area contributed by atoms with E-state index in [1.807, 2.05) is 0 Å². The first kappa shape index (κ1) is 23.7. The Morgan fingerprint density at radius 3 is 1.65 bits per heavy atom. The summed E-state index contributed by atoms with van der Waals surface area (Å²) in [6.07, 6.45) is -1.43. The topological polar surface area (TPSA) is 117 Å². The molecule has 0 rings (SSSR count). The Balaban J connectivity index is 5.49. The lowest BCUT2D eigenvalue weighted by Gasteiger charge is -2.27. The number of methoxy groups -OCH3 is 2. The van der Waals surface area contributed by atoms with Gasteiger partial charge in [-0.3, -0.25) is 9.59 Å². The molecule has 9 nitrogen and oxygen atoms in total. The van der Waals surface area contributed by atoms with Gasteiger partial charge in [-0.2, -0.15) is 0 Å². The Bertz CT molecular complexity index is 482. The third-order valence-electron chi connectivity index (χ3n) is 2.84. The van der Waals surface area contributed by atoms with E-state index in [0.29, 0.717) is 0 Å². The molecule has 9 heteroatoms. The predicted molar refractivity (Wildman–Crippen MR) is 91.1 cm³/mol. The molecule has 0 aromatic heterocycles. The lowest BCUT2D eigenvalue weighted by Crippen LogP contribution is -2.51. The lowest BCUT2D eigenvalue weighted by molar-refractivity contribution is -0.163. The van der Waals surface area contributed by atoms with E-state index in [0.717, 1.165) is 14.2 Å². The van der Waals surface area contributed by atoms with Crippen LogP contribution in [-0.2, 0) is 33.3 Å². The molecule has 26 heavy (non-hydrogen) atoms. The van der Waals surface area contributed by atoms with Crippen molar-refractivity contribution in [3.8, 4) is 0 Å². The van der Waals surface area contributed by atoms with Crippen LogP contribution in [0.1, 0.15) is 48.0 Å². The van der Waals surface area contributed by atoms with Crippen LogP contribution in [0.4, 0.5) is 4.79 Å². The van der Waals surface area contributed by atoms with Crippen LogP contribution >= 0.6 is 0 Å². The number of ether oxygens (including phenoxy) is 4. The summed E-state index contributed by atoms with van der Waals surface area (Å²) in [7, 11) is 2.19. The summed E-state index contributed by atoms with van der Waals surface area (Å²) < 4.78 is 19.5. The zero-order chi connectivity index (χ0) is 20.7. The van der Waals surface area contributed by atoms with Gasteiger partial charge in [0.05, 0.1) is 26.6 Å². The normalized spacial score (nSPS) is 13.8. The van der Waals surface area contributed by atoms with Gasteiger partial charge < -0.3 is 24.3 Å². The highest BCUT2D eigenvalue weighted by atomic mass is 16.6. The van der Waals surface area contributed by atoms with Crippen LogP contribution in [0.2, 0.25) is 0 Å². The fraction of sp³-hybridized carbons (Fsp3) is 0.765. The molecule has 2 atom stereocenters. The smallest absolute Gasteiger partial charge is 0.408 e. The predicted octanol–water partition coefficient (Wildman–Crippen LogP) is 1.57. The van der Waals surface area contributed by atoms with Gasteiger partial charge >= 0.3 is 24.0 Å². The lowest BCUT2D eigenvalue weighted by atomic mass is 9.96. The van der Waals surface area contributed by atoms with Crippen LogP contribution in [0.3, 0.4) is 0 Å². The average Bonchev–Trinajstić information content (AvgIpc) is 2.45. The standard InChI is InChI=1S/C17H29NO8/c1-16(2,3)25-11(19)9-10(13(20)23-7)12(14(21)24-8)18-15(22)26-17(4,5)6/h10,12H,9H2,1-8H3,(H,18,22)/t10-,12+/m1/s1. The molecule has 0 aliphatic rings. The van der Waals surface area contributed by atoms with Crippen molar-refractivity contribution in [2.75, 3.05) is 14.2 Å². The summed E-state index contributed by atoms with van der Waals surface area (Å²) in [5.41, 5.74) is -1.60. The first-order valence-electron chi connectivity index (χ1n) is 8.07. The number of esters is 3. The van der Waals surface area contributed by atoms with Gasteiger partial charge in [-0.1, -0.05) is 0 Å². The molecular weight excluding hydrogens is 346 g/mol. The van der Waals surface area contributed by atoms with Crippen molar-refractivity contribution in [3.63, 3.8) is 0 Å². The van der Waals surface area contributed by atoms with Crippen molar-refractivity contribution < 1.29 is 38.1 Å². The molecular formula is C17H29NO8. The Morgan fingerprint density at radius 1 is 0.808 bits per heavy atom. The molecule has 0 aromatic carbocycles. The minimum Gasteiger partial charge on any atom is -0.469 e. The fourth-order valence-electron chi connectivity index (χ4n) is 1.94. The molecule has 0 radical (unpaired) electrons. The van der Waals surface area contributed by atoms with Crippen LogP contribution < -0.4 is 5.32 Å². The number of hydrogen-bond donors (Lipinski definition) is 1. The number of carbonyl (C=O) groups excluding carboxylic acids is 4. The van der Waals surface area contributed by atoms with Crippen molar-refractivity contribution in [1.82, 2.24) is 5.32 Å². The first-order chi connectivity index (χ1) is 11.7. The van der Waals surface area contributed by atoms with Crippen LogP contribution in [-0.4, -0.2) is 55.5 Å². The molecule has 0 unspecified atom stereocenters. The largest absolute Gasteiger partial charge is 0.469 e. The monoisotopic (exact) mass is 375 g/mol. The van der Waals surface area contributed by atoms with Crippen molar-refractivity contribution in [2.24, 2.45) is 5.92 Å². The minimum absolute atomic E-state index is 0.487. The fourth-order valence-corrected chi connectivity index (χ4v) is 1.94. The number of alkyl carbamates (subject to hydrolysis) is 1. The Kier molecular flexibility index (Phi) is 8.56. The summed E-state index contributed by atoms with van der Waals surface area (Å²) in [4.78, 5) is 48.3. The number of amides is 1. The molecule has 150 valence electrons. The van der Waals surface area contributed by atoms with E-state index in [-0.39, 0.29) is 0 Å². The molecule has 1 N–H and O–H groups in total. The Hall–Kier alpha value is -2.32. The molecule has 0 bridgehead atoms. The highest BCUT2D eigenvalue weighted by Crippen LogP contribution is 2.18. The van der Waals surface area contributed by atoms with Gasteiger partial charge in [-0.05, 0) is 41.5 Å². The summed E-state index contributed by atoms with van der Waals surface area (Å²) in [5.74, 6) is -3.86. The van der Waals surface area contributed by atoms with E-state index in [1.165, 1.54) is 0 Å². The molecule has 0 spiro atoms. The zero-order valence-electron chi connectivity index (χ0n) is 16.6. The maximum atomic E-state index is 12.1. The molecule has 0 aliphatic heterocycles. The van der Waals surface area contributed by atoms with Crippen LogP contribution in [0.25, 0.3) is 0 Å². The number of rotatable bonds is 6. The summed E-state index contributed by atoms with van der Waals surface area (Å²) in [6, 6.07) is -1.48. The third-order valence-corrected chi connectivity index (χ3v) is 2.84. The van der Waals surface area contributed by atoms with Gasteiger partial charge in [0.1, 0.15) is 17.2 Å². The van der Waals surface area contributed by atoms with E-state index >= 15 is 0 Å². The molecule has 0 aliphatic carbocycles. The second-order valence-corrected chi connectivity index (χ2v) is 7.57. The van der Waals surface area contributed by atoms with E-state index in [4.69, 9.17) is 9.47 Å². The summed E-state index contributed by atoms with van der Waals surface area (Å²) in [6.45, 7) is 9.90. The van der Waals surface area contributed by atoms with Crippen LogP contribution in [0.5, 0.6) is 0 Å². The first-order valence-corrected chi connectivity index (χ1v) is 8.07. The highest BCUT2D eigenvalue weighted by molar-refractivity contribution is 5.90. The number of carbonyl (C=O) groups is 4. The van der Waals surface area contributed by atoms with Gasteiger partial charge in [0.2, 0.25) is 0 Å². The van der Waals surface area contributed by atoms with Gasteiger partial charge in [-0.15, -0.1) is 0 Å². The number of nitrogens with one attached hydrogen (secondary N) is 1. The molecule has 0 saturated carbocycles. The van der Waals surface area contributed by atoms with E-state index in [2.05, 4.69) is 14.8 Å². The van der Waals surface area contributed by atoms with Gasteiger partial charge in [0, 0.05) is 0 Å². The maximum Gasteiger partial charge on any atom is 0.408 e. The average molecular weight is 375 g/mol. The molecule has 1 amide bonds. The van der Waals surface area contributed by atoms with Crippen molar-refractivity contribution >= 4 is 24.0 Å². The second kappa shape index (κ2) is 9.40. The minimum atomic E-state index is -1.48. The Labute approximate surface area is 153 Å². The van der Waals surface area contributed by atoms with Crippen molar-refractivity contribution in [2.45, 2.75) is 65.2 Å². The van der Waals surface area contributed by atoms with E-state index in [9.17, 15) is 19.2 Å². The van der Waals surface area contributed by atoms with E-state index in [1.54, 1.807) is 41.5 Å². The molecule has 0 heterocycles. The van der Waals surface area contributed by atoms with Crippen LogP contribution in [0.15, 0.2) is 0 Å². The van der Waals surface area contributed by atoms with Crippen LogP contribution in [0, 0.1) is 5.92 Å². The molecule has 0 saturated heterocycles. The zero-order valence-corrected chi connectivity index (χ0v) is 16.6. The van der Waals surface area contributed by atoms with Gasteiger partial charge in [-0.25, -0.2) is 9.59 Å². The maximum absolute atomic E-state index is 12.1.